The maximum Gasteiger partial charge on any atom is 0.416 e. The first kappa shape index (κ1) is 29.3. The molecule has 2 heterocycles. The highest BCUT2D eigenvalue weighted by atomic mass is 19.4. The van der Waals surface area contributed by atoms with E-state index in [1.807, 2.05) is 24.3 Å². The standard InChI is InChI=1S/C34H35F3N4O2/c1-2-40-12-14-41(15-13-40)21-27-7-6-22(16-30(27)34(35,36)37)17-31(42)26-5-3-4-24(18-26)25-10-11-29-28(19-25)20-38-32(29)39-33(43)23-8-9-23/h3-7,10-11,16,18-19,23H,2,8-9,12-15,17,20-21H2,1H3,(H,38,39,43). The van der Waals surface area contributed by atoms with Crippen molar-refractivity contribution in [3.63, 3.8) is 0 Å². The minimum atomic E-state index is -4.50. The predicted octanol–water partition coefficient (Wildman–Crippen LogP) is 5.72. The number of fused-ring (bicyclic) bond motifs is 1. The van der Waals surface area contributed by atoms with Gasteiger partial charge in [-0.25, -0.2) is 0 Å². The lowest BCUT2D eigenvalue weighted by Crippen LogP contribution is -2.45. The lowest BCUT2D eigenvalue weighted by molar-refractivity contribution is -0.138. The van der Waals surface area contributed by atoms with Gasteiger partial charge in [-0.15, -0.1) is 0 Å². The number of hydrogen-bond donors (Lipinski definition) is 1. The topological polar surface area (TPSA) is 65.0 Å². The highest BCUT2D eigenvalue weighted by Crippen LogP contribution is 2.34. The number of Topliss-reactive ketones (excluding diaryl/α,β-unsaturated/α-hetero) is 1. The van der Waals surface area contributed by atoms with Gasteiger partial charge in [0.05, 0.1) is 12.1 Å². The minimum absolute atomic E-state index is 0.0179. The first-order valence-corrected chi connectivity index (χ1v) is 14.9. The smallest absolute Gasteiger partial charge is 0.310 e. The van der Waals surface area contributed by atoms with Gasteiger partial charge in [-0.2, -0.15) is 13.2 Å². The number of carbonyl (C=O) groups excluding carboxylic acids is 2. The van der Waals surface area contributed by atoms with Crippen molar-refractivity contribution in [2.24, 2.45) is 10.9 Å². The van der Waals surface area contributed by atoms with E-state index in [0.717, 1.165) is 73.9 Å². The number of alkyl halides is 3. The van der Waals surface area contributed by atoms with Gasteiger partial charge in [0.15, 0.2) is 5.78 Å². The van der Waals surface area contributed by atoms with E-state index in [1.54, 1.807) is 24.3 Å². The van der Waals surface area contributed by atoms with Crippen LogP contribution in [0.15, 0.2) is 65.7 Å². The molecule has 2 fully saturated rings. The van der Waals surface area contributed by atoms with Crippen LogP contribution < -0.4 is 5.32 Å². The zero-order valence-corrected chi connectivity index (χ0v) is 24.2. The fraction of sp³-hybridized carbons (Fsp3) is 0.382. The number of rotatable bonds is 8. The van der Waals surface area contributed by atoms with Crippen LogP contribution in [0.4, 0.5) is 13.2 Å². The van der Waals surface area contributed by atoms with Gasteiger partial charge in [0.2, 0.25) is 5.91 Å². The van der Waals surface area contributed by atoms with Crippen molar-refractivity contribution in [1.82, 2.24) is 15.1 Å². The summed E-state index contributed by atoms with van der Waals surface area (Å²) >= 11 is 0. The Morgan fingerprint density at radius 1 is 0.930 bits per heavy atom. The van der Waals surface area contributed by atoms with Crippen LogP contribution in [0.2, 0.25) is 0 Å². The van der Waals surface area contributed by atoms with E-state index >= 15 is 0 Å². The molecule has 0 unspecified atom stereocenters. The second kappa shape index (κ2) is 12.1. The fourth-order valence-electron chi connectivity index (χ4n) is 5.86. The van der Waals surface area contributed by atoms with E-state index in [0.29, 0.717) is 23.5 Å². The second-order valence-electron chi connectivity index (χ2n) is 11.7. The van der Waals surface area contributed by atoms with Crippen molar-refractivity contribution in [3.05, 3.63) is 94.0 Å². The maximum absolute atomic E-state index is 14.1. The van der Waals surface area contributed by atoms with Crippen LogP contribution >= 0.6 is 0 Å². The number of ketones is 1. The van der Waals surface area contributed by atoms with Gasteiger partial charge in [-0.1, -0.05) is 49.4 Å². The first-order valence-electron chi connectivity index (χ1n) is 14.9. The zero-order chi connectivity index (χ0) is 30.1. The average molecular weight is 589 g/mol. The fourth-order valence-corrected chi connectivity index (χ4v) is 5.86. The number of benzene rings is 3. The van der Waals surface area contributed by atoms with E-state index in [2.05, 4.69) is 27.0 Å². The van der Waals surface area contributed by atoms with E-state index in [-0.39, 0.29) is 36.1 Å². The van der Waals surface area contributed by atoms with Gasteiger partial charge in [0.1, 0.15) is 5.84 Å². The van der Waals surface area contributed by atoms with Crippen LogP contribution in [0, 0.1) is 5.92 Å². The summed E-state index contributed by atoms with van der Waals surface area (Å²) in [5, 5.41) is 2.94. The SMILES string of the molecule is CCN1CCN(Cc2ccc(CC(=O)c3cccc(-c4ccc5c(c4)CN=C5NC(=O)C4CC4)c3)cc2C(F)(F)F)CC1. The molecule has 3 aromatic carbocycles. The Balaban J connectivity index is 1.15. The molecule has 0 atom stereocenters. The van der Waals surface area contributed by atoms with Gasteiger partial charge in [0, 0.05) is 56.2 Å². The van der Waals surface area contributed by atoms with Gasteiger partial charge < -0.3 is 10.2 Å². The van der Waals surface area contributed by atoms with Crippen molar-refractivity contribution < 1.29 is 22.8 Å². The average Bonchev–Trinajstić information content (AvgIpc) is 3.79. The summed E-state index contributed by atoms with van der Waals surface area (Å²) in [6, 6.07) is 17.4. The Labute approximate surface area is 249 Å². The molecule has 9 heteroatoms. The summed E-state index contributed by atoms with van der Waals surface area (Å²) in [6.45, 7) is 6.90. The third-order valence-electron chi connectivity index (χ3n) is 8.63. The number of nitrogens with one attached hydrogen (secondary N) is 1. The third kappa shape index (κ3) is 6.73. The maximum atomic E-state index is 14.1. The molecule has 3 aliphatic rings. The Bertz CT molecular complexity index is 1570. The Kier molecular flexibility index (Phi) is 8.20. The van der Waals surface area contributed by atoms with E-state index in [4.69, 9.17) is 0 Å². The number of amides is 1. The molecule has 0 aromatic heterocycles. The van der Waals surface area contributed by atoms with E-state index in [1.165, 1.54) is 6.07 Å². The zero-order valence-electron chi connectivity index (χ0n) is 24.2. The summed E-state index contributed by atoms with van der Waals surface area (Å²) in [4.78, 5) is 34.3. The number of hydrogen-bond acceptors (Lipinski definition) is 5. The van der Waals surface area contributed by atoms with Crippen molar-refractivity contribution in [1.29, 1.82) is 0 Å². The summed E-state index contributed by atoms with van der Waals surface area (Å²) in [5.41, 5.74) is 3.99. The summed E-state index contributed by atoms with van der Waals surface area (Å²) in [6.07, 6.45) is -2.78. The predicted molar refractivity (Wildman–Crippen MR) is 160 cm³/mol. The molecule has 2 aliphatic heterocycles. The van der Waals surface area contributed by atoms with Crippen LogP contribution in [0.1, 0.15) is 57.9 Å². The number of aliphatic imine (C=N–C) groups is 1. The molecule has 1 aliphatic carbocycles. The largest absolute Gasteiger partial charge is 0.416 e. The summed E-state index contributed by atoms with van der Waals surface area (Å²) in [7, 11) is 0. The highest BCUT2D eigenvalue weighted by molar-refractivity contribution is 6.11. The van der Waals surface area contributed by atoms with Crippen LogP contribution in [-0.4, -0.2) is 60.0 Å². The molecule has 6 rings (SSSR count). The number of amidine groups is 1. The molecule has 1 saturated heterocycles. The molecular formula is C34H35F3N4O2. The van der Waals surface area contributed by atoms with Crippen molar-refractivity contribution in [2.45, 2.75) is 45.5 Å². The minimum Gasteiger partial charge on any atom is -0.310 e. The lowest BCUT2D eigenvalue weighted by atomic mass is 9.95. The second-order valence-corrected chi connectivity index (χ2v) is 11.7. The first-order chi connectivity index (χ1) is 20.7. The normalized spacial score (nSPS) is 17.4. The molecule has 0 radical (unpaired) electrons. The Morgan fingerprint density at radius 2 is 1.67 bits per heavy atom. The van der Waals surface area contributed by atoms with Gasteiger partial charge in [0.25, 0.3) is 0 Å². The molecule has 224 valence electrons. The van der Waals surface area contributed by atoms with Crippen LogP contribution in [0.5, 0.6) is 0 Å². The van der Waals surface area contributed by atoms with Crippen molar-refractivity contribution >= 4 is 17.5 Å². The quantitative estimate of drug-likeness (QED) is 0.342. The van der Waals surface area contributed by atoms with Gasteiger partial charge >= 0.3 is 6.18 Å². The molecule has 0 spiro atoms. The highest BCUT2D eigenvalue weighted by Gasteiger charge is 2.34. The van der Waals surface area contributed by atoms with E-state index < -0.39 is 11.7 Å². The molecule has 0 bridgehead atoms. The number of likely N-dealkylation sites (N-methyl/N-ethyl adjacent to an activating group) is 1. The van der Waals surface area contributed by atoms with Crippen molar-refractivity contribution in [3.8, 4) is 11.1 Å². The Morgan fingerprint density at radius 3 is 2.40 bits per heavy atom. The number of halogens is 3. The molecule has 1 amide bonds. The van der Waals surface area contributed by atoms with Crippen LogP contribution in [-0.2, 0) is 30.5 Å². The molecule has 6 nitrogen and oxygen atoms in total. The van der Waals surface area contributed by atoms with E-state index in [9.17, 15) is 22.8 Å². The molecule has 1 saturated carbocycles. The molecular weight excluding hydrogens is 553 g/mol. The van der Waals surface area contributed by atoms with Crippen molar-refractivity contribution in [2.75, 3.05) is 32.7 Å². The molecule has 43 heavy (non-hydrogen) atoms. The number of carbonyl (C=O) groups is 2. The molecule has 1 N–H and O–H groups in total. The Hall–Kier alpha value is -3.82. The monoisotopic (exact) mass is 588 g/mol. The number of nitrogens with zero attached hydrogens (tertiary/aromatic N) is 3. The number of piperazine rings is 1. The summed E-state index contributed by atoms with van der Waals surface area (Å²) < 4.78 is 42.2. The van der Waals surface area contributed by atoms with Crippen LogP contribution in [0.3, 0.4) is 0 Å². The lowest BCUT2D eigenvalue weighted by Gasteiger charge is -2.34. The molecule has 3 aromatic rings. The third-order valence-corrected chi connectivity index (χ3v) is 8.63. The summed E-state index contributed by atoms with van der Waals surface area (Å²) in [5.74, 6) is 0.471. The van der Waals surface area contributed by atoms with Gasteiger partial charge in [-0.05, 0) is 65.4 Å². The van der Waals surface area contributed by atoms with Crippen LogP contribution in [0.25, 0.3) is 11.1 Å². The van der Waals surface area contributed by atoms with Gasteiger partial charge in [-0.3, -0.25) is 19.5 Å².